The quantitative estimate of drug-likeness (QED) is 0.872. The lowest BCUT2D eigenvalue weighted by Gasteiger charge is -2.05. The van der Waals surface area contributed by atoms with Gasteiger partial charge in [-0.05, 0) is 12.5 Å². The molecule has 5 heteroatoms. The van der Waals surface area contributed by atoms with Crippen LogP contribution in [-0.2, 0) is 20.1 Å². The van der Waals surface area contributed by atoms with Crippen LogP contribution >= 0.6 is 0 Å². The Labute approximate surface area is 106 Å². The van der Waals surface area contributed by atoms with Gasteiger partial charge >= 0.3 is 0 Å². The van der Waals surface area contributed by atoms with E-state index in [2.05, 4.69) is 17.3 Å². The molecule has 1 N–H and O–H groups in total. The minimum Gasteiger partial charge on any atom is -0.380 e. The first-order valence-corrected chi connectivity index (χ1v) is 6.11. The molecule has 2 aromatic heterocycles. The molecule has 2 aromatic rings. The van der Waals surface area contributed by atoms with Crippen molar-refractivity contribution in [1.82, 2.24) is 14.3 Å². The molecule has 5 nitrogen and oxygen atoms in total. The van der Waals surface area contributed by atoms with Gasteiger partial charge in [-0.3, -0.25) is 9.48 Å². The number of nitrogens with zero attached hydrogens (tertiary/aromatic N) is 3. The third-order valence-electron chi connectivity index (χ3n) is 2.72. The number of rotatable bonds is 5. The first-order chi connectivity index (χ1) is 8.69. The summed E-state index contributed by atoms with van der Waals surface area (Å²) in [5.41, 5.74) is 2.06. The van der Waals surface area contributed by atoms with E-state index in [1.54, 1.807) is 29.9 Å². The zero-order valence-corrected chi connectivity index (χ0v) is 10.8. The predicted molar refractivity (Wildman–Crippen MR) is 71.5 cm³/mol. The molecular formula is C13H18N4O. The van der Waals surface area contributed by atoms with E-state index in [1.807, 2.05) is 17.1 Å². The molecular weight excluding hydrogens is 228 g/mol. The number of hydrogen-bond acceptors (Lipinski definition) is 3. The van der Waals surface area contributed by atoms with Crippen molar-refractivity contribution >= 4 is 5.69 Å². The van der Waals surface area contributed by atoms with Crippen molar-refractivity contribution in [2.75, 3.05) is 5.32 Å². The maximum Gasteiger partial charge on any atom is 0.250 e. The van der Waals surface area contributed by atoms with Crippen molar-refractivity contribution in [3.05, 3.63) is 46.6 Å². The average Bonchev–Trinajstić information content (AvgIpc) is 2.79. The van der Waals surface area contributed by atoms with Gasteiger partial charge in [-0.1, -0.05) is 6.92 Å². The highest BCUT2D eigenvalue weighted by Crippen LogP contribution is 2.06. The lowest BCUT2D eigenvalue weighted by atomic mass is 10.3. The molecule has 0 aliphatic rings. The SMILES string of the molecule is CCCn1cc(CNc2ccc(=O)n(C)c2)cn1. The van der Waals surface area contributed by atoms with Crippen LogP contribution < -0.4 is 10.9 Å². The molecule has 0 saturated carbocycles. The number of hydrogen-bond donors (Lipinski definition) is 1. The first kappa shape index (κ1) is 12.4. The minimum absolute atomic E-state index is 0.00341. The fourth-order valence-corrected chi connectivity index (χ4v) is 1.75. The highest BCUT2D eigenvalue weighted by atomic mass is 16.1. The molecule has 0 radical (unpaired) electrons. The van der Waals surface area contributed by atoms with E-state index in [0.29, 0.717) is 6.54 Å². The predicted octanol–water partition coefficient (Wildman–Crippen LogP) is 1.60. The van der Waals surface area contributed by atoms with Crippen LogP contribution in [0.25, 0.3) is 0 Å². The zero-order valence-electron chi connectivity index (χ0n) is 10.8. The summed E-state index contributed by atoms with van der Waals surface area (Å²) in [6.45, 7) is 3.78. The van der Waals surface area contributed by atoms with Gasteiger partial charge in [0, 0.05) is 44.2 Å². The van der Waals surface area contributed by atoms with Crippen molar-refractivity contribution in [1.29, 1.82) is 0 Å². The van der Waals surface area contributed by atoms with Crippen LogP contribution in [-0.4, -0.2) is 14.3 Å². The second kappa shape index (κ2) is 5.53. The standard InChI is InChI=1S/C13H18N4O/c1-3-6-17-9-11(8-15-17)7-14-12-4-5-13(18)16(2)10-12/h4-5,8-10,14H,3,6-7H2,1-2H3. The monoisotopic (exact) mass is 246 g/mol. The van der Waals surface area contributed by atoms with Crippen molar-refractivity contribution in [2.24, 2.45) is 7.05 Å². The molecule has 0 fully saturated rings. The van der Waals surface area contributed by atoms with Crippen LogP contribution in [0, 0.1) is 0 Å². The first-order valence-electron chi connectivity index (χ1n) is 6.11. The van der Waals surface area contributed by atoms with E-state index in [0.717, 1.165) is 24.2 Å². The summed E-state index contributed by atoms with van der Waals surface area (Å²) in [5.74, 6) is 0. The Balaban J connectivity index is 1.97. The van der Waals surface area contributed by atoms with Crippen molar-refractivity contribution in [3.63, 3.8) is 0 Å². The van der Waals surface area contributed by atoms with Crippen molar-refractivity contribution in [2.45, 2.75) is 26.4 Å². The van der Waals surface area contributed by atoms with E-state index in [-0.39, 0.29) is 5.56 Å². The second-order valence-electron chi connectivity index (χ2n) is 4.33. The van der Waals surface area contributed by atoms with E-state index >= 15 is 0 Å². The molecule has 0 amide bonds. The van der Waals surface area contributed by atoms with E-state index in [1.165, 1.54) is 0 Å². The number of nitrogens with one attached hydrogen (secondary N) is 1. The summed E-state index contributed by atoms with van der Waals surface area (Å²) < 4.78 is 3.50. The van der Waals surface area contributed by atoms with Crippen molar-refractivity contribution in [3.8, 4) is 0 Å². The van der Waals surface area contributed by atoms with Crippen LogP contribution in [0.15, 0.2) is 35.5 Å². The number of anilines is 1. The van der Waals surface area contributed by atoms with Gasteiger partial charge in [-0.25, -0.2) is 0 Å². The van der Waals surface area contributed by atoms with Gasteiger partial charge in [0.25, 0.3) is 0 Å². The van der Waals surface area contributed by atoms with E-state index < -0.39 is 0 Å². The van der Waals surface area contributed by atoms with Gasteiger partial charge in [0.05, 0.1) is 11.9 Å². The van der Waals surface area contributed by atoms with Crippen LogP contribution in [0.5, 0.6) is 0 Å². The molecule has 0 bridgehead atoms. The van der Waals surface area contributed by atoms with E-state index in [9.17, 15) is 4.79 Å². The Hall–Kier alpha value is -2.04. The molecule has 0 saturated heterocycles. The molecule has 0 unspecified atom stereocenters. The molecule has 2 rings (SSSR count). The molecule has 0 aromatic carbocycles. The van der Waals surface area contributed by atoms with Crippen LogP contribution in [0.3, 0.4) is 0 Å². The van der Waals surface area contributed by atoms with Gasteiger partial charge in [0.1, 0.15) is 0 Å². The fourth-order valence-electron chi connectivity index (χ4n) is 1.75. The third kappa shape index (κ3) is 3.00. The largest absolute Gasteiger partial charge is 0.380 e. The van der Waals surface area contributed by atoms with E-state index in [4.69, 9.17) is 0 Å². The summed E-state index contributed by atoms with van der Waals surface area (Å²) in [5, 5.41) is 7.54. The van der Waals surface area contributed by atoms with Crippen LogP contribution in [0.4, 0.5) is 5.69 Å². The number of aromatic nitrogens is 3. The van der Waals surface area contributed by atoms with Gasteiger partial charge in [0.2, 0.25) is 5.56 Å². The number of pyridine rings is 1. The molecule has 0 aliphatic heterocycles. The molecule has 0 spiro atoms. The van der Waals surface area contributed by atoms with Gasteiger partial charge < -0.3 is 9.88 Å². The van der Waals surface area contributed by atoms with Gasteiger partial charge in [-0.2, -0.15) is 5.10 Å². The lowest BCUT2D eigenvalue weighted by molar-refractivity contribution is 0.602. The van der Waals surface area contributed by atoms with Crippen molar-refractivity contribution < 1.29 is 0 Å². The van der Waals surface area contributed by atoms with Crippen LogP contribution in [0.1, 0.15) is 18.9 Å². The zero-order chi connectivity index (χ0) is 13.0. The van der Waals surface area contributed by atoms with Gasteiger partial charge in [-0.15, -0.1) is 0 Å². The summed E-state index contributed by atoms with van der Waals surface area (Å²) >= 11 is 0. The Morgan fingerprint density at radius 1 is 1.33 bits per heavy atom. The van der Waals surface area contributed by atoms with Gasteiger partial charge in [0.15, 0.2) is 0 Å². The highest BCUT2D eigenvalue weighted by Gasteiger charge is 1.99. The average molecular weight is 246 g/mol. The Morgan fingerprint density at radius 3 is 2.89 bits per heavy atom. The summed E-state index contributed by atoms with van der Waals surface area (Å²) in [4.78, 5) is 11.2. The minimum atomic E-state index is -0.00341. The van der Waals surface area contributed by atoms with Crippen LogP contribution in [0.2, 0.25) is 0 Å². The maximum atomic E-state index is 11.2. The lowest BCUT2D eigenvalue weighted by Crippen LogP contribution is -2.15. The number of aryl methyl sites for hydroxylation is 2. The summed E-state index contributed by atoms with van der Waals surface area (Å²) in [6.07, 6.45) is 6.78. The Morgan fingerprint density at radius 2 is 2.17 bits per heavy atom. The molecule has 0 atom stereocenters. The third-order valence-corrected chi connectivity index (χ3v) is 2.72. The Bertz CT molecular complexity index is 570. The summed E-state index contributed by atoms with van der Waals surface area (Å²) in [6, 6.07) is 3.35. The normalized spacial score (nSPS) is 10.6. The molecule has 96 valence electrons. The second-order valence-corrected chi connectivity index (χ2v) is 4.33. The highest BCUT2D eigenvalue weighted by molar-refractivity contribution is 5.40. The molecule has 18 heavy (non-hydrogen) atoms. The smallest absolute Gasteiger partial charge is 0.250 e. The Kier molecular flexibility index (Phi) is 3.82. The summed E-state index contributed by atoms with van der Waals surface area (Å²) in [7, 11) is 1.74. The maximum absolute atomic E-state index is 11.2. The molecule has 0 aliphatic carbocycles. The topological polar surface area (TPSA) is 51.9 Å². The fraction of sp³-hybridized carbons (Fsp3) is 0.385. The molecule has 2 heterocycles.